The highest BCUT2D eigenvalue weighted by Gasteiger charge is 2.13. The highest BCUT2D eigenvalue weighted by atomic mass is 32.2. The van der Waals surface area contributed by atoms with Gasteiger partial charge in [-0.25, -0.2) is 0 Å². The van der Waals surface area contributed by atoms with Crippen molar-refractivity contribution in [3.63, 3.8) is 0 Å². The lowest BCUT2D eigenvalue weighted by molar-refractivity contribution is 0.676. The predicted octanol–water partition coefficient (Wildman–Crippen LogP) is 1.09. The second kappa shape index (κ2) is 3.34. The van der Waals surface area contributed by atoms with Crippen molar-refractivity contribution in [2.75, 3.05) is 0 Å². The molecule has 6 heteroatoms. The van der Waals surface area contributed by atoms with Crippen molar-refractivity contribution in [1.82, 2.24) is 19.2 Å². The molecule has 1 N–H and O–H groups in total. The summed E-state index contributed by atoms with van der Waals surface area (Å²) in [5.74, 6) is 0. The SMILES string of the molecule is SN1NC=C(c2cnccn2)S1. The Morgan fingerprint density at radius 1 is 1.50 bits per heavy atom. The molecule has 62 valence electrons. The first-order valence-electron chi connectivity index (χ1n) is 3.26. The van der Waals surface area contributed by atoms with Gasteiger partial charge in [-0.3, -0.25) is 9.97 Å². The quantitative estimate of drug-likeness (QED) is 0.522. The second-order valence-electron chi connectivity index (χ2n) is 2.09. The number of rotatable bonds is 1. The zero-order valence-electron chi connectivity index (χ0n) is 6.01. The number of nitrogens with one attached hydrogen (secondary N) is 1. The van der Waals surface area contributed by atoms with E-state index in [1.807, 2.05) is 6.20 Å². The van der Waals surface area contributed by atoms with E-state index in [2.05, 4.69) is 28.2 Å². The molecular formula is C6H6N4S2. The van der Waals surface area contributed by atoms with E-state index in [0.29, 0.717) is 0 Å². The van der Waals surface area contributed by atoms with Crippen LogP contribution in [0.1, 0.15) is 5.69 Å². The summed E-state index contributed by atoms with van der Waals surface area (Å²) in [5, 5.41) is 0. The van der Waals surface area contributed by atoms with Crippen LogP contribution in [0.4, 0.5) is 0 Å². The van der Waals surface area contributed by atoms with E-state index in [4.69, 9.17) is 0 Å². The van der Waals surface area contributed by atoms with Crippen molar-refractivity contribution < 1.29 is 0 Å². The van der Waals surface area contributed by atoms with Crippen LogP contribution >= 0.6 is 24.8 Å². The largest absolute Gasteiger partial charge is 0.306 e. The minimum Gasteiger partial charge on any atom is -0.306 e. The summed E-state index contributed by atoms with van der Waals surface area (Å²) < 4.78 is 1.60. The van der Waals surface area contributed by atoms with Gasteiger partial charge in [0.05, 0.1) is 16.8 Å². The second-order valence-corrected chi connectivity index (χ2v) is 3.75. The number of aromatic nitrogens is 2. The molecule has 12 heavy (non-hydrogen) atoms. The number of thiol groups is 1. The molecule has 0 aliphatic carbocycles. The van der Waals surface area contributed by atoms with Gasteiger partial charge < -0.3 is 5.43 Å². The maximum Gasteiger partial charge on any atom is 0.0978 e. The van der Waals surface area contributed by atoms with Gasteiger partial charge in [0.25, 0.3) is 0 Å². The highest BCUT2D eigenvalue weighted by molar-refractivity contribution is 8.12. The number of hydrogen-bond donors (Lipinski definition) is 2. The van der Waals surface area contributed by atoms with Crippen LogP contribution in [0.5, 0.6) is 0 Å². The summed E-state index contributed by atoms with van der Waals surface area (Å²) in [7, 11) is 0. The summed E-state index contributed by atoms with van der Waals surface area (Å²) in [5.41, 5.74) is 3.75. The maximum atomic E-state index is 4.14. The van der Waals surface area contributed by atoms with Crippen LogP contribution in [0.2, 0.25) is 0 Å². The van der Waals surface area contributed by atoms with Gasteiger partial charge >= 0.3 is 0 Å². The number of hydrazine groups is 1. The molecule has 0 atom stereocenters. The summed E-state index contributed by atoms with van der Waals surface area (Å²) in [4.78, 5) is 9.12. The Bertz CT molecular complexity index is 300. The van der Waals surface area contributed by atoms with Crippen molar-refractivity contribution in [1.29, 1.82) is 0 Å². The van der Waals surface area contributed by atoms with Crippen LogP contribution in [-0.4, -0.2) is 13.8 Å². The van der Waals surface area contributed by atoms with E-state index < -0.39 is 0 Å². The van der Waals surface area contributed by atoms with E-state index in [-0.39, 0.29) is 0 Å². The van der Waals surface area contributed by atoms with E-state index in [1.54, 1.807) is 22.4 Å². The Morgan fingerprint density at radius 3 is 3.00 bits per heavy atom. The molecule has 4 nitrogen and oxygen atoms in total. The fourth-order valence-corrected chi connectivity index (χ4v) is 1.72. The average Bonchev–Trinajstić information content (AvgIpc) is 2.54. The minimum absolute atomic E-state index is 0.853. The Morgan fingerprint density at radius 2 is 2.42 bits per heavy atom. The smallest absolute Gasteiger partial charge is 0.0978 e. The molecule has 2 rings (SSSR count). The van der Waals surface area contributed by atoms with Crippen molar-refractivity contribution in [3.8, 4) is 0 Å². The normalized spacial score (nSPS) is 17.2. The molecule has 0 bridgehead atoms. The third kappa shape index (κ3) is 1.55. The monoisotopic (exact) mass is 198 g/mol. The van der Waals surface area contributed by atoms with Crippen molar-refractivity contribution in [2.24, 2.45) is 0 Å². The highest BCUT2D eigenvalue weighted by Crippen LogP contribution is 2.32. The summed E-state index contributed by atoms with van der Waals surface area (Å²) in [6.07, 6.45) is 6.86. The molecule has 0 spiro atoms. The predicted molar refractivity (Wildman–Crippen MR) is 51.6 cm³/mol. The van der Waals surface area contributed by atoms with Crippen LogP contribution in [0, 0.1) is 0 Å². The molecule has 1 aromatic rings. The van der Waals surface area contributed by atoms with Gasteiger partial charge in [0.2, 0.25) is 0 Å². The van der Waals surface area contributed by atoms with E-state index in [0.717, 1.165) is 10.6 Å². The Hall–Kier alpha value is -0.720. The van der Waals surface area contributed by atoms with Crippen LogP contribution in [0.3, 0.4) is 0 Å². The first-order valence-corrected chi connectivity index (χ1v) is 4.43. The van der Waals surface area contributed by atoms with E-state index in [1.165, 1.54) is 11.9 Å². The third-order valence-corrected chi connectivity index (χ3v) is 2.47. The van der Waals surface area contributed by atoms with Gasteiger partial charge in [-0.05, 0) is 11.9 Å². The zero-order valence-corrected chi connectivity index (χ0v) is 7.72. The zero-order chi connectivity index (χ0) is 8.39. The lowest BCUT2D eigenvalue weighted by Gasteiger charge is -2.03. The number of nitrogens with zero attached hydrogens (tertiary/aromatic N) is 3. The first kappa shape index (κ1) is 7.90. The molecule has 2 heterocycles. The number of hydrogen-bond acceptors (Lipinski definition) is 6. The van der Waals surface area contributed by atoms with Gasteiger partial charge in [-0.2, -0.15) is 0 Å². The van der Waals surface area contributed by atoms with Gasteiger partial charge in [-0.15, -0.1) is 3.82 Å². The molecule has 1 aromatic heterocycles. The summed E-state index contributed by atoms with van der Waals surface area (Å²) in [6, 6.07) is 0. The molecule has 1 aliphatic heterocycles. The molecule has 0 radical (unpaired) electrons. The standard InChI is InChI=1S/C6H6N4S2/c11-10-9-4-6(12-10)5-3-7-1-2-8-5/h1-4,9,11H. The molecule has 0 aromatic carbocycles. The molecule has 0 fully saturated rings. The lowest BCUT2D eigenvalue weighted by Crippen LogP contribution is -2.10. The first-order chi connectivity index (χ1) is 5.86. The van der Waals surface area contributed by atoms with Crippen molar-refractivity contribution in [3.05, 3.63) is 30.5 Å². The average molecular weight is 198 g/mol. The van der Waals surface area contributed by atoms with Crippen LogP contribution in [-0.2, 0) is 0 Å². The van der Waals surface area contributed by atoms with Crippen LogP contribution < -0.4 is 5.43 Å². The Kier molecular flexibility index (Phi) is 2.20. The van der Waals surface area contributed by atoms with Gasteiger partial charge in [0, 0.05) is 18.6 Å². The van der Waals surface area contributed by atoms with E-state index in [9.17, 15) is 0 Å². The molecule has 0 unspecified atom stereocenters. The van der Waals surface area contributed by atoms with Gasteiger partial charge in [-0.1, -0.05) is 12.8 Å². The van der Waals surface area contributed by atoms with Crippen molar-refractivity contribution in [2.45, 2.75) is 0 Å². The molecule has 0 saturated carbocycles. The van der Waals surface area contributed by atoms with Crippen LogP contribution in [0.15, 0.2) is 24.8 Å². The summed E-state index contributed by atoms with van der Waals surface area (Å²) >= 11 is 5.55. The maximum absolute atomic E-state index is 4.14. The molecule has 1 aliphatic rings. The molecular weight excluding hydrogens is 192 g/mol. The van der Waals surface area contributed by atoms with Crippen molar-refractivity contribution >= 4 is 29.7 Å². The Balaban J connectivity index is 2.22. The Labute approximate surface area is 79.7 Å². The van der Waals surface area contributed by atoms with Gasteiger partial charge in [0.1, 0.15) is 0 Å². The molecule has 0 amide bonds. The fraction of sp³-hybridized carbons (Fsp3) is 0. The fourth-order valence-electron chi connectivity index (χ4n) is 0.807. The third-order valence-electron chi connectivity index (χ3n) is 1.31. The van der Waals surface area contributed by atoms with Gasteiger partial charge in [0.15, 0.2) is 0 Å². The topological polar surface area (TPSA) is 41.0 Å². The minimum atomic E-state index is 0.853. The lowest BCUT2D eigenvalue weighted by atomic mass is 10.4. The summed E-state index contributed by atoms with van der Waals surface area (Å²) in [6.45, 7) is 0. The molecule has 0 saturated heterocycles. The van der Waals surface area contributed by atoms with E-state index >= 15 is 0 Å². The van der Waals surface area contributed by atoms with Crippen LogP contribution in [0.25, 0.3) is 4.91 Å².